The number of benzene rings is 1. The summed E-state index contributed by atoms with van der Waals surface area (Å²) in [4.78, 5) is 0. The number of hydrogen-bond donors (Lipinski definition) is 0. The van der Waals surface area contributed by atoms with E-state index < -0.39 is 0 Å². The van der Waals surface area contributed by atoms with Crippen molar-refractivity contribution < 1.29 is 4.74 Å². The van der Waals surface area contributed by atoms with Crippen LogP contribution in [0.5, 0.6) is 0 Å². The Morgan fingerprint density at radius 3 is 2.08 bits per heavy atom. The Kier molecular flexibility index (Phi) is 2.65. The minimum atomic E-state index is 0.465. The van der Waals surface area contributed by atoms with Crippen LogP contribution < -0.4 is 0 Å². The van der Waals surface area contributed by atoms with Gasteiger partial charge in [0.15, 0.2) is 0 Å². The van der Waals surface area contributed by atoms with Crippen molar-refractivity contribution in [1.29, 1.82) is 0 Å². The Morgan fingerprint density at radius 2 is 1.62 bits per heavy atom. The van der Waals surface area contributed by atoms with Crippen LogP contribution in [0.4, 0.5) is 0 Å². The fourth-order valence-electron chi connectivity index (χ4n) is 2.06. The smallest absolute Gasteiger partial charge is 0.0577 e. The highest BCUT2D eigenvalue weighted by Crippen LogP contribution is 2.21. The van der Waals surface area contributed by atoms with Crippen LogP contribution in [0, 0.1) is 0 Å². The van der Waals surface area contributed by atoms with E-state index in [9.17, 15) is 0 Å². The lowest BCUT2D eigenvalue weighted by atomic mass is 10.0. The Morgan fingerprint density at radius 1 is 1.08 bits per heavy atom. The highest BCUT2D eigenvalue weighted by molar-refractivity contribution is 5.28. The maximum absolute atomic E-state index is 5.40. The third-order valence-electron chi connectivity index (χ3n) is 2.92. The predicted molar refractivity (Wildman–Crippen MR) is 53.9 cm³/mol. The standard InChI is InChI=1S/C12H16O/c1-13-12-8-6-10-4-2-3-5-11(10)7-9-12/h2-5,12H,6-9H2,1H3. The highest BCUT2D eigenvalue weighted by Gasteiger charge is 2.14. The summed E-state index contributed by atoms with van der Waals surface area (Å²) >= 11 is 0. The van der Waals surface area contributed by atoms with Gasteiger partial charge in [0.05, 0.1) is 6.10 Å². The lowest BCUT2D eigenvalue weighted by Crippen LogP contribution is -2.09. The zero-order valence-electron chi connectivity index (χ0n) is 8.12. The summed E-state index contributed by atoms with van der Waals surface area (Å²) in [5.41, 5.74) is 3.03. The van der Waals surface area contributed by atoms with Crippen LogP contribution in [0.25, 0.3) is 0 Å². The normalized spacial score (nSPS) is 17.9. The van der Waals surface area contributed by atoms with Crippen molar-refractivity contribution >= 4 is 0 Å². The van der Waals surface area contributed by atoms with Gasteiger partial charge in [0.2, 0.25) is 0 Å². The molecule has 0 amide bonds. The lowest BCUT2D eigenvalue weighted by Gasteiger charge is -2.10. The zero-order chi connectivity index (χ0) is 9.10. The third kappa shape index (κ3) is 1.92. The van der Waals surface area contributed by atoms with Gasteiger partial charge in [0.1, 0.15) is 0 Å². The molecule has 0 aliphatic heterocycles. The first kappa shape index (κ1) is 8.76. The van der Waals surface area contributed by atoms with Gasteiger partial charge < -0.3 is 4.74 Å². The van der Waals surface area contributed by atoms with Crippen LogP contribution in [-0.4, -0.2) is 13.2 Å². The maximum atomic E-state index is 5.40. The first-order valence-corrected chi connectivity index (χ1v) is 4.99. The summed E-state index contributed by atoms with van der Waals surface area (Å²) in [6.45, 7) is 0. The molecule has 13 heavy (non-hydrogen) atoms. The Labute approximate surface area is 79.7 Å². The summed E-state index contributed by atoms with van der Waals surface area (Å²) in [5.74, 6) is 0. The second kappa shape index (κ2) is 3.93. The molecule has 0 fully saturated rings. The Bertz CT molecular complexity index is 253. The quantitative estimate of drug-likeness (QED) is 0.598. The molecule has 0 N–H and O–H groups in total. The predicted octanol–water partition coefficient (Wildman–Crippen LogP) is 2.58. The summed E-state index contributed by atoms with van der Waals surface area (Å²) in [7, 11) is 1.82. The van der Waals surface area contributed by atoms with Crippen LogP contribution in [0.15, 0.2) is 24.3 Å². The summed E-state index contributed by atoms with van der Waals surface area (Å²) in [6.07, 6.45) is 5.16. The molecule has 1 aliphatic carbocycles. The number of hydrogen-bond acceptors (Lipinski definition) is 1. The van der Waals surface area contributed by atoms with Gasteiger partial charge >= 0.3 is 0 Å². The Balaban J connectivity index is 2.17. The van der Waals surface area contributed by atoms with Crippen molar-refractivity contribution in [2.45, 2.75) is 31.8 Å². The first-order chi connectivity index (χ1) is 6.40. The van der Waals surface area contributed by atoms with Gasteiger partial charge in [0.25, 0.3) is 0 Å². The van der Waals surface area contributed by atoms with Gasteiger partial charge in [0, 0.05) is 7.11 Å². The van der Waals surface area contributed by atoms with Gasteiger partial charge in [-0.1, -0.05) is 24.3 Å². The molecule has 70 valence electrons. The molecule has 0 bridgehead atoms. The summed E-state index contributed by atoms with van der Waals surface area (Å²) in [5, 5.41) is 0. The molecule has 0 unspecified atom stereocenters. The van der Waals surface area contributed by atoms with Crippen molar-refractivity contribution in [3.05, 3.63) is 35.4 Å². The van der Waals surface area contributed by atoms with Gasteiger partial charge in [-0.05, 0) is 36.8 Å². The molecule has 1 aromatic carbocycles. The van der Waals surface area contributed by atoms with E-state index in [0.717, 1.165) is 0 Å². The minimum absolute atomic E-state index is 0.465. The van der Waals surface area contributed by atoms with Crippen molar-refractivity contribution in [2.75, 3.05) is 7.11 Å². The van der Waals surface area contributed by atoms with E-state index in [4.69, 9.17) is 4.74 Å². The second-order valence-corrected chi connectivity index (χ2v) is 3.70. The fourth-order valence-corrected chi connectivity index (χ4v) is 2.06. The fraction of sp³-hybridized carbons (Fsp3) is 0.500. The molecule has 0 aromatic heterocycles. The van der Waals surface area contributed by atoms with Gasteiger partial charge in [-0.3, -0.25) is 0 Å². The van der Waals surface area contributed by atoms with Crippen molar-refractivity contribution in [3.8, 4) is 0 Å². The van der Waals surface area contributed by atoms with Crippen LogP contribution in [-0.2, 0) is 17.6 Å². The molecule has 1 aromatic rings. The van der Waals surface area contributed by atoms with Crippen LogP contribution in [0.3, 0.4) is 0 Å². The molecule has 0 radical (unpaired) electrons. The average Bonchev–Trinajstić information content (AvgIpc) is 2.39. The zero-order valence-corrected chi connectivity index (χ0v) is 8.12. The molecule has 0 heterocycles. The lowest BCUT2D eigenvalue weighted by molar-refractivity contribution is 0.0908. The summed E-state index contributed by atoms with van der Waals surface area (Å²) in [6, 6.07) is 8.75. The molecular weight excluding hydrogens is 160 g/mol. The molecule has 2 rings (SSSR count). The van der Waals surface area contributed by atoms with Crippen LogP contribution in [0.2, 0.25) is 0 Å². The van der Waals surface area contributed by atoms with E-state index >= 15 is 0 Å². The molecule has 0 saturated carbocycles. The van der Waals surface area contributed by atoms with Gasteiger partial charge in [-0.2, -0.15) is 0 Å². The number of fused-ring (bicyclic) bond motifs is 1. The monoisotopic (exact) mass is 176 g/mol. The molecule has 0 saturated heterocycles. The third-order valence-corrected chi connectivity index (χ3v) is 2.92. The van der Waals surface area contributed by atoms with E-state index in [1.54, 1.807) is 0 Å². The molecule has 1 nitrogen and oxygen atoms in total. The first-order valence-electron chi connectivity index (χ1n) is 4.99. The van der Waals surface area contributed by atoms with Crippen molar-refractivity contribution in [2.24, 2.45) is 0 Å². The van der Waals surface area contributed by atoms with E-state index in [2.05, 4.69) is 24.3 Å². The topological polar surface area (TPSA) is 9.23 Å². The van der Waals surface area contributed by atoms with Crippen LogP contribution >= 0.6 is 0 Å². The summed E-state index contributed by atoms with van der Waals surface area (Å²) < 4.78 is 5.40. The number of rotatable bonds is 1. The number of ether oxygens (including phenoxy) is 1. The molecule has 0 spiro atoms. The maximum Gasteiger partial charge on any atom is 0.0577 e. The van der Waals surface area contributed by atoms with E-state index in [0.29, 0.717) is 6.10 Å². The average molecular weight is 176 g/mol. The molecule has 1 aliphatic rings. The second-order valence-electron chi connectivity index (χ2n) is 3.70. The highest BCUT2D eigenvalue weighted by atomic mass is 16.5. The Hall–Kier alpha value is -0.820. The van der Waals surface area contributed by atoms with E-state index in [1.807, 2.05) is 7.11 Å². The molecular formula is C12H16O. The number of aryl methyl sites for hydroxylation is 2. The van der Waals surface area contributed by atoms with E-state index in [1.165, 1.54) is 36.8 Å². The van der Waals surface area contributed by atoms with Crippen molar-refractivity contribution in [3.63, 3.8) is 0 Å². The number of methoxy groups -OCH3 is 1. The van der Waals surface area contributed by atoms with Gasteiger partial charge in [-0.15, -0.1) is 0 Å². The molecule has 1 heteroatoms. The largest absolute Gasteiger partial charge is 0.381 e. The minimum Gasteiger partial charge on any atom is -0.381 e. The van der Waals surface area contributed by atoms with Crippen LogP contribution in [0.1, 0.15) is 24.0 Å². The molecule has 0 atom stereocenters. The van der Waals surface area contributed by atoms with E-state index in [-0.39, 0.29) is 0 Å². The van der Waals surface area contributed by atoms with Gasteiger partial charge in [-0.25, -0.2) is 0 Å². The van der Waals surface area contributed by atoms with Crippen molar-refractivity contribution in [1.82, 2.24) is 0 Å². The SMILES string of the molecule is COC1CCc2ccccc2CC1.